The van der Waals surface area contributed by atoms with Crippen LogP contribution in [-0.4, -0.2) is 27.1 Å². The van der Waals surface area contributed by atoms with Gasteiger partial charge in [0.15, 0.2) is 0 Å². The van der Waals surface area contributed by atoms with Crippen molar-refractivity contribution in [2.24, 2.45) is 5.92 Å². The molecule has 148 valence electrons. The molecule has 0 amide bonds. The van der Waals surface area contributed by atoms with Crippen molar-refractivity contribution >= 4 is 17.0 Å². The first kappa shape index (κ1) is 20.1. The van der Waals surface area contributed by atoms with Crippen molar-refractivity contribution in [3.8, 4) is 5.69 Å². The van der Waals surface area contributed by atoms with Crippen molar-refractivity contribution in [3.05, 3.63) is 53.1 Å². The molecule has 2 aromatic heterocycles. The number of rotatable bonds is 6. The Hall–Kier alpha value is -2.69. The highest BCUT2D eigenvalue weighted by molar-refractivity contribution is 5.81. The number of hydrogen-bond donors (Lipinski definition) is 0. The lowest BCUT2D eigenvalue weighted by molar-refractivity contribution is -0.147. The van der Waals surface area contributed by atoms with Gasteiger partial charge in [-0.25, -0.2) is 4.98 Å². The summed E-state index contributed by atoms with van der Waals surface area (Å²) in [6, 6.07) is 10.5. The maximum Gasteiger partial charge on any atom is 0.308 e. The molecule has 0 spiro atoms. The highest BCUT2D eigenvalue weighted by atomic mass is 16.5. The van der Waals surface area contributed by atoms with E-state index in [0.29, 0.717) is 18.9 Å². The molecule has 0 fully saturated rings. The van der Waals surface area contributed by atoms with Gasteiger partial charge in [-0.3, -0.25) is 14.3 Å². The van der Waals surface area contributed by atoms with E-state index in [2.05, 4.69) is 53.7 Å². The standard InChI is InChI=1S/C23H29N3O2/c1-14(2)22-25-21-17(6)24-16(5)13-20(21)26(22)19-9-7-18(8-10-19)11-12-28-23(27)15(3)4/h7-10,13-15H,11-12H2,1-6H3. The number of carbonyl (C=O) groups excluding carboxylic acids is 1. The molecule has 0 saturated heterocycles. The number of nitrogens with zero attached hydrogens (tertiary/aromatic N) is 3. The molecular weight excluding hydrogens is 350 g/mol. The SMILES string of the molecule is Cc1cc2c(nc(C(C)C)n2-c2ccc(CCOC(=O)C(C)C)cc2)c(C)n1. The summed E-state index contributed by atoms with van der Waals surface area (Å²) in [7, 11) is 0. The van der Waals surface area contributed by atoms with Gasteiger partial charge >= 0.3 is 5.97 Å². The lowest BCUT2D eigenvalue weighted by Crippen LogP contribution is -2.13. The van der Waals surface area contributed by atoms with Crippen molar-refractivity contribution in [2.45, 2.75) is 53.9 Å². The lowest BCUT2D eigenvalue weighted by atomic mass is 10.1. The Bertz CT molecular complexity index is 985. The molecule has 5 nitrogen and oxygen atoms in total. The molecule has 0 atom stereocenters. The minimum absolute atomic E-state index is 0.0900. The zero-order chi connectivity index (χ0) is 20.4. The van der Waals surface area contributed by atoms with Crippen LogP contribution in [0.2, 0.25) is 0 Å². The van der Waals surface area contributed by atoms with Crippen LogP contribution in [0.25, 0.3) is 16.7 Å². The molecule has 0 aliphatic carbocycles. The molecule has 5 heteroatoms. The zero-order valence-corrected chi connectivity index (χ0v) is 17.6. The summed E-state index contributed by atoms with van der Waals surface area (Å²) in [6.07, 6.45) is 0.711. The van der Waals surface area contributed by atoms with Crippen molar-refractivity contribution < 1.29 is 9.53 Å². The summed E-state index contributed by atoms with van der Waals surface area (Å²) in [4.78, 5) is 21.0. The number of imidazole rings is 1. The smallest absolute Gasteiger partial charge is 0.308 e. The van der Waals surface area contributed by atoms with Crippen molar-refractivity contribution in [1.29, 1.82) is 0 Å². The summed E-state index contributed by atoms with van der Waals surface area (Å²) >= 11 is 0. The summed E-state index contributed by atoms with van der Waals surface area (Å²) < 4.78 is 7.51. The molecule has 0 N–H and O–H groups in total. The van der Waals surface area contributed by atoms with Crippen molar-refractivity contribution in [3.63, 3.8) is 0 Å². The third-order valence-corrected chi connectivity index (χ3v) is 4.79. The van der Waals surface area contributed by atoms with Crippen LogP contribution in [-0.2, 0) is 16.0 Å². The number of esters is 1. The molecule has 0 radical (unpaired) electrons. The predicted octanol–water partition coefficient (Wildman–Crippen LogP) is 4.90. The molecule has 1 aromatic carbocycles. The molecule has 0 aliphatic rings. The van der Waals surface area contributed by atoms with E-state index >= 15 is 0 Å². The summed E-state index contributed by atoms with van der Waals surface area (Å²) in [5.74, 6) is 1.08. The topological polar surface area (TPSA) is 57.0 Å². The first-order valence-electron chi connectivity index (χ1n) is 9.90. The molecule has 2 heterocycles. The molecule has 0 unspecified atom stereocenters. The molecule has 3 aromatic rings. The van der Waals surface area contributed by atoms with E-state index in [4.69, 9.17) is 9.72 Å². The maximum absolute atomic E-state index is 11.6. The first-order chi connectivity index (χ1) is 13.3. The Labute approximate surface area is 166 Å². The van der Waals surface area contributed by atoms with Crippen LogP contribution in [0.15, 0.2) is 30.3 Å². The van der Waals surface area contributed by atoms with E-state index in [1.165, 1.54) is 0 Å². The van der Waals surface area contributed by atoms with Gasteiger partial charge in [0, 0.05) is 23.7 Å². The van der Waals surface area contributed by atoms with Gasteiger partial charge in [-0.2, -0.15) is 0 Å². The van der Waals surface area contributed by atoms with Crippen molar-refractivity contribution in [1.82, 2.24) is 14.5 Å². The fraction of sp³-hybridized carbons (Fsp3) is 0.435. The van der Waals surface area contributed by atoms with Crippen LogP contribution in [0.5, 0.6) is 0 Å². The van der Waals surface area contributed by atoms with Crippen LogP contribution in [0.3, 0.4) is 0 Å². The van der Waals surface area contributed by atoms with Gasteiger partial charge in [-0.05, 0) is 37.6 Å². The second-order valence-corrected chi connectivity index (χ2v) is 7.92. The van der Waals surface area contributed by atoms with Crippen molar-refractivity contribution in [2.75, 3.05) is 6.61 Å². The van der Waals surface area contributed by atoms with Crippen LogP contribution in [0.4, 0.5) is 0 Å². The Morgan fingerprint density at radius 2 is 1.75 bits per heavy atom. The predicted molar refractivity (Wildman–Crippen MR) is 112 cm³/mol. The van der Waals surface area contributed by atoms with Crippen LogP contribution in [0, 0.1) is 19.8 Å². The lowest BCUT2D eigenvalue weighted by Gasteiger charge is -2.13. The highest BCUT2D eigenvalue weighted by Crippen LogP contribution is 2.28. The summed E-state index contributed by atoms with van der Waals surface area (Å²) in [5, 5.41) is 0. The first-order valence-corrected chi connectivity index (χ1v) is 9.90. The third kappa shape index (κ3) is 4.08. The Morgan fingerprint density at radius 1 is 1.07 bits per heavy atom. The van der Waals surface area contributed by atoms with E-state index in [0.717, 1.165) is 39.5 Å². The molecule has 28 heavy (non-hydrogen) atoms. The average Bonchev–Trinajstić information content (AvgIpc) is 3.02. The van der Waals surface area contributed by atoms with Gasteiger partial charge in [0.05, 0.1) is 23.7 Å². The van der Waals surface area contributed by atoms with Gasteiger partial charge < -0.3 is 4.74 Å². The van der Waals surface area contributed by atoms with E-state index in [-0.39, 0.29) is 11.9 Å². The van der Waals surface area contributed by atoms with Gasteiger partial charge in [0.25, 0.3) is 0 Å². The molecule has 0 saturated carbocycles. The minimum Gasteiger partial charge on any atom is -0.465 e. The highest BCUT2D eigenvalue weighted by Gasteiger charge is 2.17. The molecule has 0 bridgehead atoms. The van der Waals surface area contributed by atoms with E-state index < -0.39 is 0 Å². The Balaban J connectivity index is 1.90. The fourth-order valence-electron chi connectivity index (χ4n) is 3.30. The maximum atomic E-state index is 11.6. The number of ether oxygens (including phenoxy) is 1. The van der Waals surface area contributed by atoms with Crippen LogP contribution in [0.1, 0.15) is 56.4 Å². The number of pyridine rings is 1. The molecule has 0 aliphatic heterocycles. The van der Waals surface area contributed by atoms with E-state index in [1.807, 2.05) is 27.7 Å². The normalized spacial score (nSPS) is 11.6. The van der Waals surface area contributed by atoms with Gasteiger partial charge in [-0.1, -0.05) is 39.8 Å². The largest absolute Gasteiger partial charge is 0.465 e. The van der Waals surface area contributed by atoms with Crippen LogP contribution >= 0.6 is 0 Å². The average molecular weight is 380 g/mol. The number of fused-ring (bicyclic) bond motifs is 1. The Kier molecular flexibility index (Phi) is 5.82. The number of hydrogen-bond acceptors (Lipinski definition) is 4. The zero-order valence-electron chi connectivity index (χ0n) is 17.6. The molecule has 3 rings (SSSR count). The minimum atomic E-state index is -0.151. The molecular formula is C23H29N3O2. The van der Waals surface area contributed by atoms with Gasteiger partial charge in [0.1, 0.15) is 11.3 Å². The second-order valence-electron chi connectivity index (χ2n) is 7.92. The summed E-state index contributed by atoms with van der Waals surface area (Å²) in [5.41, 5.74) is 6.22. The third-order valence-electron chi connectivity index (χ3n) is 4.79. The number of aromatic nitrogens is 3. The quantitative estimate of drug-likeness (QED) is 0.572. The monoisotopic (exact) mass is 379 g/mol. The Morgan fingerprint density at radius 3 is 2.36 bits per heavy atom. The van der Waals surface area contributed by atoms with E-state index in [1.54, 1.807) is 0 Å². The second kappa shape index (κ2) is 8.13. The van der Waals surface area contributed by atoms with Gasteiger partial charge in [-0.15, -0.1) is 0 Å². The van der Waals surface area contributed by atoms with E-state index in [9.17, 15) is 4.79 Å². The number of benzene rings is 1. The van der Waals surface area contributed by atoms with Crippen LogP contribution < -0.4 is 0 Å². The van der Waals surface area contributed by atoms with Gasteiger partial charge in [0.2, 0.25) is 0 Å². The number of carbonyl (C=O) groups is 1. The summed E-state index contributed by atoms with van der Waals surface area (Å²) in [6.45, 7) is 12.4. The number of aryl methyl sites for hydroxylation is 2. The fourth-order valence-corrected chi connectivity index (χ4v) is 3.30.